The first kappa shape index (κ1) is 14.0. The molecule has 0 unspecified atom stereocenters. The molecular weight excluding hydrogens is 239 g/mol. The molecule has 0 amide bonds. The summed E-state index contributed by atoms with van der Waals surface area (Å²) in [5, 5.41) is 12.2. The van der Waals surface area contributed by atoms with Gasteiger partial charge in [0.25, 0.3) is 0 Å². The van der Waals surface area contributed by atoms with E-state index < -0.39 is 0 Å². The van der Waals surface area contributed by atoms with Gasteiger partial charge >= 0.3 is 0 Å². The van der Waals surface area contributed by atoms with E-state index >= 15 is 0 Å². The van der Waals surface area contributed by atoms with Gasteiger partial charge in [0.05, 0.1) is 11.6 Å². The second kappa shape index (κ2) is 4.61. The molecule has 1 aliphatic rings. The third-order valence-corrected chi connectivity index (χ3v) is 5.08. The zero-order valence-corrected chi connectivity index (χ0v) is 12.0. The predicted octanol–water partition coefficient (Wildman–Crippen LogP) is 3.47. The van der Waals surface area contributed by atoms with Crippen LogP contribution in [0.2, 0.25) is 0 Å². The molecule has 1 aromatic carbocycles. The van der Waals surface area contributed by atoms with Crippen molar-refractivity contribution in [3.05, 3.63) is 35.1 Å². The van der Waals surface area contributed by atoms with Gasteiger partial charge in [0.15, 0.2) is 0 Å². The molecule has 0 aliphatic heterocycles. The molecule has 1 saturated carbocycles. The second-order valence-corrected chi connectivity index (χ2v) is 6.59. The van der Waals surface area contributed by atoms with Crippen LogP contribution >= 0.6 is 0 Å². The Bertz CT molecular complexity index is 512. The minimum Gasteiger partial charge on any atom is -0.312 e. The second-order valence-electron chi connectivity index (χ2n) is 6.59. The van der Waals surface area contributed by atoms with Crippen LogP contribution in [0.25, 0.3) is 0 Å². The van der Waals surface area contributed by atoms with Crippen LogP contribution in [-0.4, -0.2) is 6.54 Å². The minimum atomic E-state index is -0.345. The molecular formula is C16H21FN2. The van der Waals surface area contributed by atoms with Crippen LogP contribution in [0.15, 0.2) is 18.2 Å². The first-order chi connectivity index (χ1) is 8.79. The van der Waals surface area contributed by atoms with Gasteiger partial charge in [-0.3, -0.25) is 0 Å². The lowest BCUT2D eigenvalue weighted by Crippen LogP contribution is -2.19. The fraction of sp³-hybridized carbons (Fsp3) is 0.562. The molecule has 0 atom stereocenters. The van der Waals surface area contributed by atoms with E-state index in [4.69, 9.17) is 5.26 Å². The molecule has 1 aromatic rings. The number of rotatable bonds is 4. The molecule has 0 radical (unpaired) electrons. The predicted molar refractivity (Wildman–Crippen MR) is 73.9 cm³/mol. The Balaban J connectivity index is 1.91. The van der Waals surface area contributed by atoms with Crippen LogP contribution in [0.3, 0.4) is 0 Å². The lowest BCUT2D eigenvalue weighted by Gasteiger charge is -2.07. The molecule has 0 saturated heterocycles. The molecule has 1 aliphatic carbocycles. The number of hydrogen-bond donors (Lipinski definition) is 1. The van der Waals surface area contributed by atoms with E-state index in [1.807, 2.05) is 6.07 Å². The van der Waals surface area contributed by atoms with Gasteiger partial charge in [0.2, 0.25) is 0 Å². The van der Waals surface area contributed by atoms with E-state index in [2.05, 4.69) is 33.0 Å². The van der Waals surface area contributed by atoms with Crippen LogP contribution in [0.4, 0.5) is 4.39 Å². The smallest absolute Gasteiger partial charge is 0.124 e. The summed E-state index contributed by atoms with van der Waals surface area (Å²) in [7, 11) is 0. The van der Waals surface area contributed by atoms with Crippen LogP contribution in [0.1, 0.15) is 38.8 Å². The topological polar surface area (TPSA) is 35.8 Å². The molecule has 0 spiro atoms. The number of hydrogen-bond acceptors (Lipinski definition) is 2. The van der Waals surface area contributed by atoms with Crippen LogP contribution in [0.5, 0.6) is 0 Å². The van der Waals surface area contributed by atoms with Gasteiger partial charge in [-0.05, 0) is 47.1 Å². The molecule has 102 valence electrons. The van der Waals surface area contributed by atoms with E-state index in [1.54, 1.807) is 6.07 Å². The summed E-state index contributed by atoms with van der Waals surface area (Å²) in [5.74, 6) is 0.298. The van der Waals surface area contributed by atoms with Crippen molar-refractivity contribution >= 4 is 0 Å². The molecule has 1 fully saturated rings. The van der Waals surface area contributed by atoms with Gasteiger partial charge < -0.3 is 5.32 Å². The van der Waals surface area contributed by atoms with Gasteiger partial charge in [0.1, 0.15) is 5.82 Å². The molecule has 0 aromatic heterocycles. The van der Waals surface area contributed by atoms with E-state index in [9.17, 15) is 4.39 Å². The number of nitriles is 1. The SMILES string of the molecule is CC1(C)C(CNCc2cc(F)cc(C#N)c2)C1(C)C. The molecule has 0 bridgehead atoms. The van der Waals surface area contributed by atoms with Crippen molar-refractivity contribution in [1.29, 1.82) is 5.26 Å². The van der Waals surface area contributed by atoms with Crippen molar-refractivity contribution in [3.8, 4) is 6.07 Å². The summed E-state index contributed by atoms with van der Waals surface area (Å²) in [6, 6.07) is 6.46. The Hall–Kier alpha value is -1.40. The summed E-state index contributed by atoms with van der Waals surface area (Å²) >= 11 is 0. The monoisotopic (exact) mass is 260 g/mol. The number of nitrogens with one attached hydrogen (secondary N) is 1. The maximum absolute atomic E-state index is 13.3. The standard InChI is InChI=1S/C16H21FN2/c1-15(2)14(16(15,3)4)10-19-9-12-5-11(8-18)6-13(17)7-12/h5-7,14,19H,9-10H2,1-4H3. The van der Waals surface area contributed by atoms with Crippen molar-refractivity contribution in [2.75, 3.05) is 6.54 Å². The third kappa shape index (κ3) is 2.50. The van der Waals surface area contributed by atoms with Crippen LogP contribution in [0, 0.1) is 33.9 Å². The normalized spacial score (nSPS) is 20.0. The summed E-state index contributed by atoms with van der Waals surface area (Å²) in [5.41, 5.74) is 1.93. The maximum atomic E-state index is 13.3. The highest BCUT2D eigenvalue weighted by atomic mass is 19.1. The first-order valence-electron chi connectivity index (χ1n) is 6.69. The molecule has 0 heterocycles. The largest absolute Gasteiger partial charge is 0.312 e. The summed E-state index contributed by atoms with van der Waals surface area (Å²) in [4.78, 5) is 0. The molecule has 2 rings (SSSR count). The zero-order chi connectivity index (χ0) is 14.3. The quantitative estimate of drug-likeness (QED) is 0.899. The Morgan fingerprint density at radius 1 is 1.21 bits per heavy atom. The van der Waals surface area contributed by atoms with Crippen LogP contribution in [-0.2, 0) is 6.54 Å². The average Bonchev–Trinajstić information content (AvgIpc) is 2.70. The fourth-order valence-corrected chi connectivity index (χ4v) is 3.02. The van der Waals surface area contributed by atoms with Crippen molar-refractivity contribution < 1.29 is 4.39 Å². The Morgan fingerprint density at radius 2 is 1.84 bits per heavy atom. The van der Waals surface area contributed by atoms with E-state index in [0.717, 1.165) is 12.1 Å². The molecule has 3 heteroatoms. The number of halogens is 1. The van der Waals surface area contributed by atoms with Crippen molar-refractivity contribution in [1.82, 2.24) is 5.32 Å². The maximum Gasteiger partial charge on any atom is 0.124 e. The zero-order valence-electron chi connectivity index (χ0n) is 12.0. The fourth-order valence-electron chi connectivity index (χ4n) is 3.02. The summed E-state index contributed by atoms with van der Waals surface area (Å²) < 4.78 is 13.3. The van der Waals surface area contributed by atoms with Crippen molar-refractivity contribution in [2.45, 2.75) is 34.2 Å². The van der Waals surface area contributed by atoms with Gasteiger partial charge in [-0.15, -0.1) is 0 Å². The number of benzene rings is 1. The van der Waals surface area contributed by atoms with Gasteiger partial charge in [-0.25, -0.2) is 4.39 Å². The van der Waals surface area contributed by atoms with Crippen LogP contribution < -0.4 is 5.32 Å². The highest BCUT2D eigenvalue weighted by Crippen LogP contribution is 2.67. The first-order valence-corrected chi connectivity index (χ1v) is 6.69. The van der Waals surface area contributed by atoms with Gasteiger partial charge in [0, 0.05) is 6.54 Å². The highest BCUT2D eigenvalue weighted by molar-refractivity contribution is 5.33. The minimum absolute atomic E-state index is 0.345. The van der Waals surface area contributed by atoms with Gasteiger partial charge in [-0.1, -0.05) is 27.7 Å². The Kier molecular flexibility index (Phi) is 3.40. The Labute approximate surface area is 114 Å². The third-order valence-electron chi connectivity index (χ3n) is 5.08. The molecule has 19 heavy (non-hydrogen) atoms. The lowest BCUT2D eigenvalue weighted by atomic mass is 10.0. The average molecular weight is 260 g/mol. The lowest BCUT2D eigenvalue weighted by molar-refractivity contribution is 0.457. The van der Waals surface area contributed by atoms with E-state index in [-0.39, 0.29) is 5.82 Å². The number of nitrogens with zero attached hydrogens (tertiary/aromatic N) is 1. The highest BCUT2D eigenvalue weighted by Gasteiger charge is 2.63. The van der Waals surface area contributed by atoms with Gasteiger partial charge in [-0.2, -0.15) is 5.26 Å². The van der Waals surface area contributed by atoms with Crippen molar-refractivity contribution in [3.63, 3.8) is 0 Å². The summed E-state index contributed by atoms with van der Waals surface area (Å²) in [6.07, 6.45) is 0. The van der Waals surface area contributed by atoms with Crippen molar-refractivity contribution in [2.24, 2.45) is 16.7 Å². The Morgan fingerprint density at radius 3 is 2.37 bits per heavy atom. The van der Waals surface area contributed by atoms with E-state index in [0.29, 0.717) is 28.9 Å². The molecule has 1 N–H and O–H groups in total. The molecule has 2 nitrogen and oxygen atoms in total. The summed E-state index contributed by atoms with van der Waals surface area (Å²) in [6.45, 7) is 10.7. The van der Waals surface area contributed by atoms with E-state index in [1.165, 1.54) is 12.1 Å².